The molecular formula is C12H16N4O. The van der Waals surface area contributed by atoms with Crippen LogP contribution in [0.5, 0.6) is 0 Å². The van der Waals surface area contributed by atoms with Gasteiger partial charge in [-0.15, -0.1) is 0 Å². The van der Waals surface area contributed by atoms with E-state index in [-0.39, 0.29) is 5.69 Å². The van der Waals surface area contributed by atoms with Crippen LogP contribution in [0.1, 0.15) is 18.5 Å². The fourth-order valence-corrected chi connectivity index (χ4v) is 1.87. The number of hydrogen-bond donors (Lipinski definition) is 2. The second-order valence-electron chi connectivity index (χ2n) is 4.19. The molecule has 0 saturated carbocycles. The van der Waals surface area contributed by atoms with Crippen LogP contribution in [-0.4, -0.2) is 24.7 Å². The van der Waals surface area contributed by atoms with Crippen molar-refractivity contribution in [3.8, 4) is 6.07 Å². The van der Waals surface area contributed by atoms with Gasteiger partial charge in [-0.25, -0.2) is 4.98 Å². The van der Waals surface area contributed by atoms with Crippen molar-refractivity contribution in [2.24, 2.45) is 5.92 Å². The number of nitrogens with two attached hydrogens (primary N) is 1. The number of hydrogen-bond acceptors (Lipinski definition) is 5. The third kappa shape index (κ3) is 3.08. The van der Waals surface area contributed by atoms with Gasteiger partial charge in [0.1, 0.15) is 11.9 Å². The summed E-state index contributed by atoms with van der Waals surface area (Å²) in [5.74, 6) is 1.35. The molecule has 5 heteroatoms. The molecule has 0 bridgehead atoms. The second-order valence-corrected chi connectivity index (χ2v) is 4.19. The third-order valence-corrected chi connectivity index (χ3v) is 2.92. The van der Waals surface area contributed by atoms with E-state index in [9.17, 15) is 0 Å². The highest BCUT2D eigenvalue weighted by Crippen LogP contribution is 2.17. The Bertz CT molecular complexity index is 421. The first kappa shape index (κ1) is 11.7. The number of nitrogens with one attached hydrogen (secondary N) is 1. The van der Waals surface area contributed by atoms with Crippen molar-refractivity contribution in [3.63, 3.8) is 0 Å². The molecule has 17 heavy (non-hydrogen) atoms. The summed E-state index contributed by atoms with van der Waals surface area (Å²) in [5.41, 5.74) is 6.29. The molecule has 0 aromatic carbocycles. The third-order valence-electron chi connectivity index (χ3n) is 2.92. The van der Waals surface area contributed by atoms with Crippen molar-refractivity contribution in [2.75, 3.05) is 30.8 Å². The SMILES string of the molecule is N#Cc1nc(NCCC2CCOC2)ccc1N. The summed E-state index contributed by atoms with van der Waals surface area (Å²) in [5, 5.41) is 12.0. The average molecular weight is 232 g/mol. The highest BCUT2D eigenvalue weighted by Gasteiger charge is 2.14. The molecular weight excluding hydrogens is 216 g/mol. The van der Waals surface area contributed by atoms with Crippen LogP contribution in [0.2, 0.25) is 0 Å². The Balaban J connectivity index is 1.84. The minimum absolute atomic E-state index is 0.277. The Morgan fingerprint density at radius 2 is 2.47 bits per heavy atom. The maximum atomic E-state index is 8.80. The summed E-state index contributed by atoms with van der Waals surface area (Å²) >= 11 is 0. The lowest BCUT2D eigenvalue weighted by molar-refractivity contribution is 0.185. The van der Waals surface area contributed by atoms with Crippen LogP contribution in [0.3, 0.4) is 0 Å². The van der Waals surface area contributed by atoms with E-state index in [2.05, 4.69) is 10.3 Å². The molecule has 5 nitrogen and oxygen atoms in total. The maximum absolute atomic E-state index is 8.80. The van der Waals surface area contributed by atoms with E-state index < -0.39 is 0 Å². The number of ether oxygens (including phenoxy) is 1. The quantitative estimate of drug-likeness (QED) is 0.819. The summed E-state index contributed by atoms with van der Waals surface area (Å²) in [6, 6.07) is 5.46. The summed E-state index contributed by atoms with van der Waals surface area (Å²) in [6.07, 6.45) is 2.20. The molecule has 1 atom stereocenters. The van der Waals surface area contributed by atoms with E-state index in [0.717, 1.165) is 32.6 Å². The van der Waals surface area contributed by atoms with E-state index in [4.69, 9.17) is 15.7 Å². The molecule has 0 spiro atoms. The van der Waals surface area contributed by atoms with E-state index in [1.165, 1.54) is 0 Å². The van der Waals surface area contributed by atoms with Crippen LogP contribution in [0.15, 0.2) is 12.1 Å². The van der Waals surface area contributed by atoms with Gasteiger partial charge in [0.15, 0.2) is 5.69 Å². The van der Waals surface area contributed by atoms with Gasteiger partial charge in [0.25, 0.3) is 0 Å². The predicted octanol–water partition coefficient (Wildman–Crippen LogP) is 1.37. The smallest absolute Gasteiger partial charge is 0.165 e. The molecule has 1 aromatic heterocycles. The van der Waals surface area contributed by atoms with Gasteiger partial charge in [-0.3, -0.25) is 0 Å². The monoisotopic (exact) mass is 232 g/mol. The lowest BCUT2D eigenvalue weighted by atomic mass is 10.1. The van der Waals surface area contributed by atoms with Crippen molar-refractivity contribution in [3.05, 3.63) is 17.8 Å². The van der Waals surface area contributed by atoms with Gasteiger partial charge in [0, 0.05) is 19.8 Å². The average Bonchev–Trinajstić information content (AvgIpc) is 2.84. The first-order chi connectivity index (χ1) is 8.29. The van der Waals surface area contributed by atoms with Crippen LogP contribution in [0.25, 0.3) is 0 Å². The Morgan fingerprint density at radius 3 is 3.18 bits per heavy atom. The van der Waals surface area contributed by atoms with Crippen LogP contribution >= 0.6 is 0 Å². The lowest BCUT2D eigenvalue weighted by Crippen LogP contribution is -2.10. The van der Waals surface area contributed by atoms with Crippen molar-refractivity contribution in [1.82, 2.24) is 4.98 Å². The lowest BCUT2D eigenvalue weighted by Gasteiger charge is -2.09. The zero-order chi connectivity index (χ0) is 12.1. The highest BCUT2D eigenvalue weighted by molar-refractivity contribution is 5.54. The van der Waals surface area contributed by atoms with Gasteiger partial charge >= 0.3 is 0 Å². The van der Waals surface area contributed by atoms with Crippen molar-refractivity contribution in [2.45, 2.75) is 12.8 Å². The first-order valence-corrected chi connectivity index (χ1v) is 5.78. The summed E-state index contributed by atoms with van der Waals surface area (Å²) in [4.78, 5) is 4.13. The van der Waals surface area contributed by atoms with E-state index in [1.807, 2.05) is 6.07 Å². The predicted molar refractivity (Wildman–Crippen MR) is 65.4 cm³/mol. The van der Waals surface area contributed by atoms with Crippen molar-refractivity contribution < 1.29 is 4.74 Å². The fraction of sp³-hybridized carbons (Fsp3) is 0.500. The molecule has 1 aliphatic rings. The number of nitriles is 1. The fourth-order valence-electron chi connectivity index (χ4n) is 1.87. The molecule has 0 amide bonds. The number of nitrogens with zero attached hydrogens (tertiary/aromatic N) is 2. The van der Waals surface area contributed by atoms with Crippen LogP contribution in [-0.2, 0) is 4.74 Å². The van der Waals surface area contributed by atoms with Crippen molar-refractivity contribution >= 4 is 11.5 Å². The van der Waals surface area contributed by atoms with Gasteiger partial charge in [0.2, 0.25) is 0 Å². The number of nitrogen functional groups attached to an aromatic ring is 1. The number of aromatic nitrogens is 1. The van der Waals surface area contributed by atoms with Gasteiger partial charge < -0.3 is 15.8 Å². The van der Waals surface area contributed by atoms with E-state index in [0.29, 0.717) is 17.4 Å². The van der Waals surface area contributed by atoms with Gasteiger partial charge in [-0.1, -0.05) is 0 Å². The molecule has 2 heterocycles. The Hall–Kier alpha value is -1.80. The number of rotatable bonds is 4. The number of anilines is 2. The van der Waals surface area contributed by atoms with Crippen LogP contribution < -0.4 is 11.1 Å². The Morgan fingerprint density at radius 1 is 1.59 bits per heavy atom. The zero-order valence-corrected chi connectivity index (χ0v) is 9.65. The van der Waals surface area contributed by atoms with Crippen LogP contribution in [0.4, 0.5) is 11.5 Å². The van der Waals surface area contributed by atoms with E-state index >= 15 is 0 Å². The minimum atomic E-state index is 0.277. The minimum Gasteiger partial charge on any atom is -0.396 e. The summed E-state index contributed by atoms with van der Waals surface area (Å²) in [6.45, 7) is 2.58. The molecule has 0 aliphatic carbocycles. The zero-order valence-electron chi connectivity index (χ0n) is 9.65. The molecule has 1 saturated heterocycles. The molecule has 90 valence electrons. The normalized spacial score (nSPS) is 18.9. The largest absolute Gasteiger partial charge is 0.396 e. The molecule has 0 radical (unpaired) electrons. The molecule has 1 fully saturated rings. The molecule has 2 rings (SSSR count). The molecule has 3 N–H and O–H groups in total. The van der Waals surface area contributed by atoms with Gasteiger partial charge in [0.05, 0.1) is 5.69 Å². The van der Waals surface area contributed by atoms with Crippen molar-refractivity contribution in [1.29, 1.82) is 5.26 Å². The standard InChI is InChI=1S/C12H16N4O/c13-7-11-10(14)1-2-12(16-11)15-5-3-9-4-6-17-8-9/h1-2,9H,3-6,8,14H2,(H,15,16). The number of pyridine rings is 1. The summed E-state index contributed by atoms with van der Waals surface area (Å²) in [7, 11) is 0. The topological polar surface area (TPSA) is 84.0 Å². The Kier molecular flexibility index (Phi) is 3.78. The first-order valence-electron chi connectivity index (χ1n) is 5.78. The molecule has 1 aromatic rings. The van der Waals surface area contributed by atoms with Gasteiger partial charge in [-0.05, 0) is 30.9 Å². The van der Waals surface area contributed by atoms with E-state index in [1.54, 1.807) is 12.1 Å². The van der Waals surface area contributed by atoms with Gasteiger partial charge in [-0.2, -0.15) is 5.26 Å². The molecule has 1 unspecified atom stereocenters. The highest BCUT2D eigenvalue weighted by atomic mass is 16.5. The summed E-state index contributed by atoms with van der Waals surface area (Å²) < 4.78 is 5.31. The Labute approximate surface area is 101 Å². The van der Waals surface area contributed by atoms with Crippen LogP contribution in [0, 0.1) is 17.2 Å². The molecule has 1 aliphatic heterocycles. The second kappa shape index (κ2) is 5.51. The maximum Gasteiger partial charge on any atom is 0.165 e.